The summed E-state index contributed by atoms with van der Waals surface area (Å²) in [5.74, 6) is -0.216. The second-order valence-electron chi connectivity index (χ2n) is 8.02. The molecule has 8 nitrogen and oxygen atoms in total. The Kier molecular flexibility index (Phi) is 6.09. The van der Waals surface area contributed by atoms with Crippen molar-refractivity contribution in [3.63, 3.8) is 0 Å². The number of hydrogen-bond acceptors (Lipinski definition) is 7. The van der Waals surface area contributed by atoms with E-state index in [-0.39, 0.29) is 5.97 Å². The molecule has 4 aromatic rings. The topological polar surface area (TPSA) is 96.7 Å². The van der Waals surface area contributed by atoms with Gasteiger partial charge in [-0.1, -0.05) is 6.08 Å². The highest BCUT2D eigenvalue weighted by Gasteiger charge is 2.17. The van der Waals surface area contributed by atoms with Gasteiger partial charge in [0.25, 0.3) is 5.88 Å². The molecule has 0 aliphatic carbocycles. The number of aryl methyl sites for hydroxylation is 3. The van der Waals surface area contributed by atoms with Gasteiger partial charge in [0.15, 0.2) is 11.2 Å². The number of hydrogen-bond donors (Lipinski definition) is 0. The molecule has 0 bridgehead atoms. The van der Waals surface area contributed by atoms with E-state index in [9.17, 15) is 9.59 Å². The smallest absolute Gasteiger partial charge is 0.419 e. The third-order valence-corrected chi connectivity index (χ3v) is 5.78. The molecule has 172 valence electrons. The molecule has 0 radical (unpaired) electrons. The van der Waals surface area contributed by atoms with Crippen molar-refractivity contribution in [1.82, 2.24) is 9.72 Å². The number of aromatic nitrogens is 2. The van der Waals surface area contributed by atoms with Crippen LogP contribution in [0.25, 0.3) is 27.6 Å². The van der Waals surface area contributed by atoms with Crippen LogP contribution in [-0.4, -0.2) is 29.9 Å². The lowest BCUT2D eigenvalue weighted by Gasteiger charge is -2.12. The van der Waals surface area contributed by atoms with E-state index in [0.717, 1.165) is 38.7 Å². The number of benzene rings is 2. The van der Waals surface area contributed by atoms with E-state index in [4.69, 9.17) is 18.4 Å². The number of fused-ring (bicyclic) bond motifs is 2. The fourth-order valence-electron chi connectivity index (χ4n) is 4.04. The van der Waals surface area contributed by atoms with Crippen molar-refractivity contribution in [2.75, 3.05) is 14.2 Å². The fourth-order valence-corrected chi connectivity index (χ4v) is 4.04. The van der Waals surface area contributed by atoms with Crippen LogP contribution in [0.3, 0.4) is 0 Å². The normalized spacial score (nSPS) is 12.0. The molecular formula is C25H26N2O6. The highest BCUT2D eigenvalue weighted by atomic mass is 16.5. The van der Waals surface area contributed by atoms with E-state index in [0.29, 0.717) is 36.3 Å². The SMILES string of the molecule is COC(=O)CCC/C=C(/c1cc(C)c2onc(OC)c2c1)c1cc(C)c2oc(=O)n(C)c2c1. The van der Waals surface area contributed by atoms with E-state index in [1.54, 1.807) is 14.2 Å². The molecule has 0 amide bonds. The number of carbonyl (C=O) groups excluding carboxylic acids is 1. The first-order valence-corrected chi connectivity index (χ1v) is 10.7. The van der Waals surface area contributed by atoms with E-state index < -0.39 is 5.76 Å². The Morgan fingerprint density at radius 2 is 1.79 bits per heavy atom. The minimum atomic E-state index is -0.402. The van der Waals surface area contributed by atoms with Gasteiger partial charge in [-0.05, 0) is 83.9 Å². The highest BCUT2D eigenvalue weighted by molar-refractivity contribution is 5.93. The molecule has 2 heterocycles. The summed E-state index contributed by atoms with van der Waals surface area (Å²) in [5.41, 5.74) is 6.60. The Bertz CT molecular complexity index is 1440. The van der Waals surface area contributed by atoms with Gasteiger partial charge in [-0.2, -0.15) is 0 Å². The second kappa shape index (κ2) is 8.97. The number of rotatable bonds is 7. The number of nitrogens with zero attached hydrogens (tertiary/aromatic N) is 2. The molecule has 0 saturated heterocycles. The Morgan fingerprint density at radius 1 is 1.09 bits per heavy atom. The summed E-state index contributed by atoms with van der Waals surface area (Å²) >= 11 is 0. The van der Waals surface area contributed by atoms with Gasteiger partial charge in [0, 0.05) is 13.5 Å². The Morgan fingerprint density at radius 3 is 2.48 bits per heavy atom. The maximum absolute atomic E-state index is 12.1. The van der Waals surface area contributed by atoms with Crippen LogP contribution in [-0.2, 0) is 16.6 Å². The summed E-state index contributed by atoms with van der Waals surface area (Å²) in [5, 5.41) is 4.78. The Balaban J connectivity index is 1.87. The zero-order valence-corrected chi connectivity index (χ0v) is 19.4. The van der Waals surface area contributed by atoms with E-state index in [2.05, 4.69) is 11.2 Å². The zero-order valence-electron chi connectivity index (χ0n) is 19.4. The summed E-state index contributed by atoms with van der Waals surface area (Å²) in [6, 6.07) is 7.97. The van der Waals surface area contributed by atoms with Gasteiger partial charge in [0.1, 0.15) is 0 Å². The number of esters is 1. The second-order valence-corrected chi connectivity index (χ2v) is 8.02. The quantitative estimate of drug-likeness (QED) is 0.298. The van der Waals surface area contributed by atoms with Gasteiger partial charge in [0.05, 0.1) is 25.1 Å². The summed E-state index contributed by atoms with van der Waals surface area (Å²) < 4.78 is 22.5. The van der Waals surface area contributed by atoms with Crippen LogP contribution in [0.15, 0.2) is 44.1 Å². The van der Waals surface area contributed by atoms with E-state index in [1.165, 1.54) is 11.7 Å². The number of carbonyl (C=O) groups is 1. The standard InChI is InChI=1S/C25H26N2O6/c1-14-10-16(12-19-22(14)33-26-24(19)31-5)18(8-6-7-9-21(28)30-4)17-11-15(2)23-20(13-17)27(3)25(29)32-23/h8,10-13H,6-7,9H2,1-5H3/b18-8-. The molecule has 4 rings (SSSR count). The molecule has 0 saturated carbocycles. The summed E-state index contributed by atoms with van der Waals surface area (Å²) in [7, 11) is 4.63. The first-order chi connectivity index (χ1) is 15.8. The lowest BCUT2D eigenvalue weighted by Crippen LogP contribution is -2.08. The molecule has 0 N–H and O–H groups in total. The van der Waals surface area contributed by atoms with Gasteiger partial charge in [0.2, 0.25) is 0 Å². The molecular weight excluding hydrogens is 424 g/mol. The molecule has 2 aromatic carbocycles. The van der Waals surface area contributed by atoms with Crippen LogP contribution in [0.1, 0.15) is 41.5 Å². The van der Waals surface area contributed by atoms with Crippen molar-refractivity contribution < 1.29 is 23.2 Å². The lowest BCUT2D eigenvalue weighted by atomic mass is 9.92. The predicted octanol–water partition coefficient (Wildman–Crippen LogP) is 4.67. The van der Waals surface area contributed by atoms with Crippen LogP contribution in [0.4, 0.5) is 0 Å². The molecule has 0 aliphatic heterocycles. The third kappa shape index (κ3) is 4.16. The summed E-state index contributed by atoms with van der Waals surface area (Å²) in [6.07, 6.45) is 3.76. The monoisotopic (exact) mass is 450 g/mol. The molecule has 0 fully saturated rings. The molecule has 0 unspecified atom stereocenters. The first-order valence-electron chi connectivity index (χ1n) is 10.7. The average Bonchev–Trinajstić information content (AvgIpc) is 3.35. The fraction of sp³-hybridized carbons (Fsp3) is 0.320. The van der Waals surface area contributed by atoms with Gasteiger partial charge >= 0.3 is 11.7 Å². The van der Waals surface area contributed by atoms with Crippen LogP contribution in [0.2, 0.25) is 0 Å². The van der Waals surface area contributed by atoms with Gasteiger partial charge < -0.3 is 18.4 Å². The average molecular weight is 450 g/mol. The van der Waals surface area contributed by atoms with Crippen LogP contribution in [0.5, 0.6) is 5.88 Å². The number of allylic oxidation sites excluding steroid dienone is 1. The van der Waals surface area contributed by atoms with E-state index in [1.807, 2.05) is 38.1 Å². The van der Waals surface area contributed by atoms with Crippen molar-refractivity contribution in [2.24, 2.45) is 7.05 Å². The third-order valence-electron chi connectivity index (χ3n) is 5.78. The zero-order chi connectivity index (χ0) is 23.7. The predicted molar refractivity (Wildman–Crippen MR) is 124 cm³/mol. The Hall–Kier alpha value is -3.81. The maximum Gasteiger partial charge on any atom is 0.419 e. The Labute approximate surface area is 190 Å². The van der Waals surface area contributed by atoms with Gasteiger partial charge in [-0.15, -0.1) is 0 Å². The minimum absolute atomic E-state index is 0.234. The molecule has 0 spiro atoms. The molecule has 0 atom stereocenters. The largest absolute Gasteiger partial charge is 0.478 e. The number of unbranched alkanes of at least 4 members (excludes halogenated alkanes) is 1. The van der Waals surface area contributed by atoms with Crippen molar-refractivity contribution in [2.45, 2.75) is 33.1 Å². The molecule has 8 heteroatoms. The van der Waals surface area contributed by atoms with Gasteiger partial charge in [-0.3, -0.25) is 9.36 Å². The molecule has 2 aromatic heterocycles. The van der Waals surface area contributed by atoms with Crippen LogP contribution in [0, 0.1) is 13.8 Å². The lowest BCUT2D eigenvalue weighted by molar-refractivity contribution is -0.140. The van der Waals surface area contributed by atoms with Crippen LogP contribution < -0.4 is 10.5 Å². The van der Waals surface area contributed by atoms with Gasteiger partial charge in [-0.25, -0.2) is 4.79 Å². The van der Waals surface area contributed by atoms with Crippen molar-refractivity contribution in [1.29, 1.82) is 0 Å². The molecule has 0 aliphatic rings. The number of ether oxygens (including phenoxy) is 2. The first kappa shape index (κ1) is 22.4. The molecule has 33 heavy (non-hydrogen) atoms. The summed E-state index contributed by atoms with van der Waals surface area (Å²) in [6.45, 7) is 3.88. The van der Waals surface area contributed by atoms with Crippen molar-refractivity contribution in [3.05, 3.63) is 63.1 Å². The highest BCUT2D eigenvalue weighted by Crippen LogP contribution is 2.35. The van der Waals surface area contributed by atoms with Crippen molar-refractivity contribution in [3.8, 4) is 5.88 Å². The number of oxazole rings is 1. The minimum Gasteiger partial charge on any atom is -0.478 e. The van der Waals surface area contributed by atoms with Crippen molar-refractivity contribution >= 4 is 33.6 Å². The number of methoxy groups -OCH3 is 2. The van der Waals surface area contributed by atoms with E-state index >= 15 is 0 Å². The maximum atomic E-state index is 12.1. The van der Waals surface area contributed by atoms with Crippen LogP contribution >= 0.6 is 0 Å². The summed E-state index contributed by atoms with van der Waals surface area (Å²) in [4.78, 5) is 23.6.